The van der Waals surface area contributed by atoms with Crippen LogP contribution in [-0.4, -0.2) is 30.8 Å². The van der Waals surface area contributed by atoms with Gasteiger partial charge in [-0.1, -0.05) is 41.1 Å². The van der Waals surface area contributed by atoms with E-state index in [1.54, 1.807) is 25.1 Å². The van der Waals surface area contributed by atoms with Crippen LogP contribution in [-0.2, 0) is 14.3 Å². The van der Waals surface area contributed by atoms with Crippen LogP contribution in [0.1, 0.15) is 23.7 Å². The Morgan fingerprint density at radius 3 is 2.77 bits per heavy atom. The lowest BCUT2D eigenvalue weighted by Crippen LogP contribution is -2.30. The van der Waals surface area contributed by atoms with E-state index in [9.17, 15) is 14.4 Å². The number of Topliss-reactive ketones (excluding diaryl/α,β-unsaturated/α-hetero) is 1. The lowest BCUT2D eigenvalue weighted by atomic mass is 10.00. The quantitative estimate of drug-likeness (QED) is 0.435. The zero-order valence-electron chi connectivity index (χ0n) is 12.3. The van der Waals surface area contributed by atoms with Crippen molar-refractivity contribution in [3.63, 3.8) is 0 Å². The largest absolute Gasteiger partial charge is 0.455 e. The van der Waals surface area contributed by atoms with Gasteiger partial charge in [0.2, 0.25) is 0 Å². The normalized spacial score (nSPS) is 11.4. The number of carbonyl (C=O) groups is 3. The average molecular weight is 368 g/mol. The molecule has 0 aromatic heterocycles. The number of hydrogen-bond donors (Lipinski definition) is 1. The highest BCUT2D eigenvalue weighted by Crippen LogP contribution is 2.16. The molecular weight excluding hydrogens is 350 g/mol. The van der Waals surface area contributed by atoms with Gasteiger partial charge in [0.25, 0.3) is 5.91 Å². The van der Waals surface area contributed by atoms with Crippen molar-refractivity contribution in [2.75, 3.05) is 13.2 Å². The second-order valence-electron chi connectivity index (χ2n) is 4.74. The summed E-state index contributed by atoms with van der Waals surface area (Å²) >= 11 is 3.29. The van der Waals surface area contributed by atoms with E-state index >= 15 is 0 Å². The summed E-state index contributed by atoms with van der Waals surface area (Å²) in [4.78, 5) is 35.1. The van der Waals surface area contributed by atoms with E-state index in [0.717, 1.165) is 4.47 Å². The number of amides is 1. The van der Waals surface area contributed by atoms with Gasteiger partial charge in [0.05, 0.1) is 5.92 Å². The predicted octanol–water partition coefficient (Wildman–Crippen LogP) is 2.50. The third kappa shape index (κ3) is 6.22. The smallest absolute Gasteiger partial charge is 0.309 e. The molecule has 1 N–H and O–H groups in total. The molecule has 0 bridgehead atoms. The molecule has 0 saturated heterocycles. The number of hydrogen-bond acceptors (Lipinski definition) is 4. The van der Waals surface area contributed by atoms with Crippen LogP contribution in [0.25, 0.3) is 0 Å². The number of esters is 1. The molecule has 0 aliphatic heterocycles. The van der Waals surface area contributed by atoms with E-state index < -0.39 is 17.8 Å². The molecule has 1 aromatic rings. The van der Waals surface area contributed by atoms with Crippen LogP contribution in [0.15, 0.2) is 41.4 Å². The van der Waals surface area contributed by atoms with Crippen molar-refractivity contribution >= 4 is 33.6 Å². The second-order valence-corrected chi connectivity index (χ2v) is 5.65. The summed E-state index contributed by atoms with van der Waals surface area (Å²) in [5.74, 6) is -1.74. The van der Waals surface area contributed by atoms with Crippen LogP contribution in [0.3, 0.4) is 0 Å². The minimum atomic E-state index is -0.612. The summed E-state index contributed by atoms with van der Waals surface area (Å²) in [5, 5.41) is 2.49. The molecule has 5 nitrogen and oxygen atoms in total. The third-order valence-corrected chi connectivity index (χ3v) is 3.32. The van der Waals surface area contributed by atoms with Gasteiger partial charge in [-0.2, -0.15) is 0 Å². The summed E-state index contributed by atoms with van der Waals surface area (Å²) in [6.45, 7) is 5.01. The topological polar surface area (TPSA) is 72.5 Å². The molecule has 0 saturated carbocycles. The number of benzene rings is 1. The molecule has 1 rings (SSSR count). The Balaban J connectivity index is 2.45. The predicted molar refractivity (Wildman–Crippen MR) is 86.4 cm³/mol. The fourth-order valence-electron chi connectivity index (χ4n) is 1.66. The molecule has 1 atom stereocenters. The van der Waals surface area contributed by atoms with Gasteiger partial charge in [-0.3, -0.25) is 14.4 Å². The van der Waals surface area contributed by atoms with Crippen molar-refractivity contribution in [2.24, 2.45) is 5.92 Å². The van der Waals surface area contributed by atoms with Crippen molar-refractivity contribution in [2.45, 2.75) is 13.3 Å². The Hall–Kier alpha value is -1.95. The van der Waals surface area contributed by atoms with Crippen LogP contribution in [0.4, 0.5) is 0 Å². The zero-order valence-corrected chi connectivity index (χ0v) is 13.9. The average Bonchev–Trinajstić information content (AvgIpc) is 2.50. The van der Waals surface area contributed by atoms with Gasteiger partial charge in [0.15, 0.2) is 12.4 Å². The van der Waals surface area contributed by atoms with Gasteiger partial charge < -0.3 is 10.1 Å². The molecule has 1 aromatic carbocycles. The Labute approximate surface area is 137 Å². The van der Waals surface area contributed by atoms with Crippen LogP contribution >= 0.6 is 15.9 Å². The highest BCUT2D eigenvalue weighted by atomic mass is 79.9. The van der Waals surface area contributed by atoms with E-state index in [4.69, 9.17) is 4.74 Å². The number of halogens is 1. The number of carbonyl (C=O) groups excluding carboxylic acids is 3. The molecule has 0 aliphatic carbocycles. The summed E-state index contributed by atoms with van der Waals surface area (Å²) in [6.07, 6.45) is 1.56. The standard InChI is InChI=1S/C16H18BrNO4/c1-3-7-18-15(20)10-22-16(21)11(2)8-14(19)12-5-4-6-13(17)9-12/h3-6,9,11H,1,7-8,10H2,2H3,(H,18,20). The van der Waals surface area contributed by atoms with Gasteiger partial charge in [-0.15, -0.1) is 6.58 Å². The van der Waals surface area contributed by atoms with E-state index in [0.29, 0.717) is 12.1 Å². The van der Waals surface area contributed by atoms with E-state index in [-0.39, 0.29) is 18.8 Å². The minimum absolute atomic E-state index is 0.0313. The summed E-state index contributed by atoms with van der Waals surface area (Å²) in [7, 11) is 0. The van der Waals surface area contributed by atoms with E-state index in [1.807, 2.05) is 6.07 Å². The summed E-state index contributed by atoms with van der Waals surface area (Å²) < 4.78 is 5.67. The second kappa shape index (κ2) is 9.15. The van der Waals surface area contributed by atoms with Crippen molar-refractivity contribution in [1.29, 1.82) is 0 Å². The lowest BCUT2D eigenvalue weighted by molar-refractivity contribution is -0.152. The van der Waals surface area contributed by atoms with Gasteiger partial charge in [0.1, 0.15) is 0 Å². The molecule has 0 aliphatic rings. The maximum absolute atomic E-state index is 12.1. The van der Waals surface area contributed by atoms with Crippen molar-refractivity contribution in [1.82, 2.24) is 5.32 Å². The minimum Gasteiger partial charge on any atom is -0.455 e. The van der Waals surface area contributed by atoms with Crippen molar-refractivity contribution in [3.05, 3.63) is 47.0 Å². The fourth-order valence-corrected chi connectivity index (χ4v) is 2.06. The number of ketones is 1. The molecule has 0 radical (unpaired) electrons. The van der Waals surface area contributed by atoms with Crippen molar-refractivity contribution < 1.29 is 19.1 Å². The maximum atomic E-state index is 12.1. The fraction of sp³-hybridized carbons (Fsp3) is 0.312. The molecular formula is C16H18BrNO4. The highest BCUT2D eigenvalue weighted by Gasteiger charge is 2.20. The van der Waals surface area contributed by atoms with Gasteiger partial charge in [0, 0.05) is 23.0 Å². The first-order valence-corrected chi connectivity index (χ1v) is 7.56. The third-order valence-electron chi connectivity index (χ3n) is 2.83. The van der Waals surface area contributed by atoms with Crippen LogP contribution in [0, 0.1) is 5.92 Å². The van der Waals surface area contributed by atoms with Crippen LogP contribution < -0.4 is 5.32 Å². The number of rotatable bonds is 8. The SMILES string of the molecule is C=CCNC(=O)COC(=O)C(C)CC(=O)c1cccc(Br)c1. The van der Waals surface area contributed by atoms with Gasteiger partial charge >= 0.3 is 5.97 Å². The Morgan fingerprint density at radius 1 is 1.41 bits per heavy atom. The van der Waals surface area contributed by atoms with E-state index in [1.165, 1.54) is 6.08 Å². The number of nitrogens with one attached hydrogen (secondary N) is 1. The van der Waals surface area contributed by atoms with Crippen molar-refractivity contribution in [3.8, 4) is 0 Å². The first-order chi connectivity index (χ1) is 10.4. The zero-order chi connectivity index (χ0) is 16.5. The molecule has 0 heterocycles. The summed E-state index contributed by atoms with van der Waals surface area (Å²) in [6, 6.07) is 6.96. The van der Waals surface area contributed by atoms with Gasteiger partial charge in [-0.05, 0) is 12.1 Å². The molecule has 0 spiro atoms. The van der Waals surface area contributed by atoms with Crippen LogP contribution in [0.2, 0.25) is 0 Å². The molecule has 22 heavy (non-hydrogen) atoms. The van der Waals surface area contributed by atoms with Crippen LogP contribution in [0.5, 0.6) is 0 Å². The molecule has 0 fully saturated rings. The molecule has 1 unspecified atom stereocenters. The molecule has 1 amide bonds. The summed E-state index contributed by atoms with van der Waals surface area (Å²) in [5.41, 5.74) is 0.526. The Morgan fingerprint density at radius 2 is 2.14 bits per heavy atom. The monoisotopic (exact) mass is 367 g/mol. The lowest BCUT2D eigenvalue weighted by Gasteiger charge is -2.11. The van der Waals surface area contributed by atoms with Gasteiger partial charge in [-0.25, -0.2) is 0 Å². The highest BCUT2D eigenvalue weighted by molar-refractivity contribution is 9.10. The first kappa shape index (κ1) is 18.1. The first-order valence-electron chi connectivity index (χ1n) is 6.77. The maximum Gasteiger partial charge on any atom is 0.309 e. The Bertz CT molecular complexity index is 571. The Kier molecular flexibility index (Phi) is 7.52. The molecule has 6 heteroatoms. The van der Waals surface area contributed by atoms with E-state index in [2.05, 4.69) is 27.8 Å². The molecule has 118 valence electrons. The number of ether oxygens (including phenoxy) is 1.